The molecule has 4 aromatic carbocycles. The van der Waals surface area contributed by atoms with Crippen molar-refractivity contribution in [3.8, 4) is 0 Å². The number of rotatable bonds is 12. The van der Waals surface area contributed by atoms with E-state index in [-0.39, 0.29) is 12.2 Å². The van der Waals surface area contributed by atoms with Crippen LogP contribution in [0.15, 0.2) is 109 Å². The van der Waals surface area contributed by atoms with Crippen LogP contribution in [0, 0.1) is 23.7 Å². The van der Waals surface area contributed by atoms with E-state index in [4.69, 9.17) is 19.4 Å². The van der Waals surface area contributed by atoms with Crippen molar-refractivity contribution < 1.29 is 9.47 Å². The van der Waals surface area contributed by atoms with E-state index in [2.05, 4.69) is 121 Å². The molecule has 6 nitrogen and oxygen atoms in total. The highest BCUT2D eigenvalue weighted by atomic mass is 16.5. The zero-order valence-corrected chi connectivity index (χ0v) is 33.1. The Balaban J connectivity index is 0.913. The molecule has 0 radical (unpaired) electrons. The van der Waals surface area contributed by atoms with Crippen molar-refractivity contribution in [1.29, 1.82) is 0 Å². The molecule has 0 amide bonds. The number of ether oxygens (including phenoxy) is 2. The van der Waals surface area contributed by atoms with Crippen LogP contribution in [-0.2, 0) is 22.7 Å². The lowest BCUT2D eigenvalue weighted by molar-refractivity contribution is -0.0879. The van der Waals surface area contributed by atoms with Crippen molar-refractivity contribution in [2.45, 2.75) is 89.9 Å². The molecule has 10 atom stereocenters. The number of hydrogen-bond acceptors (Lipinski definition) is 6. The summed E-state index contributed by atoms with van der Waals surface area (Å²) in [5.74, 6) is 3.17. The van der Waals surface area contributed by atoms with E-state index in [1.54, 1.807) is 0 Å². The molecule has 288 valence electrons. The van der Waals surface area contributed by atoms with Gasteiger partial charge in [-0.2, -0.15) is 0 Å². The summed E-state index contributed by atoms with van der Waals surface area (Å²) in [4.78, 5) is 14.9. The summed E-state index contributed by atoms with van der Waals surface area (Å²) < 4.78 is 14.3. The van der Waals surface area contributed by atoms with Gasteiger partial charge in [-0.1, -0.05) is 87.4 Å². The molecule has 2 unspecified atom stereocenters. The van der Waals surface area contributed by atoms with Crippen molar-refractivity contribution in [3.05, 3.63) is 132 Å². The predicted octanol–water partition coefficient (Wildman–Crippen LogP) is 10.7. The summed E-state index contributed by atoms with van der Waals surface area (Å²) in [6.45, 7) is 10.6. The van der Waals surface area contributed by atoms with Crippen molar-refractivity contribution in [3.63, 3.8) is 0 Å². The fourth-order valence-corrected chi connectivity index (χ4v) is 11.4. The number of nitrogens with zero attached hydrogens (tertiary/aromatic N) is 4. The zero-order chi connectivity index (χ0) is 37.6. The monoisotopic (exact) mass is 744 g/mol. The van der Waals surface area contributed by atoms with Crippen LogP contribution in [0.4, 0.5) is 0 Å². The Hall–Kier alpha value is -4.20. The van der Waals surface area contributed by atoms with Crippen LogP contribution in [0.1, 0.15) is 86.8 Å². The number of benzene rings is 4. The number of fused-ring (bicyclic) bond motifs is 9. The van der Waals surface area contributed by atoms with Crippen molar-refractivity contribution in [2.75, 3.05) is 26.2 Å². The van der Waals surface area contributed by atoms with Crippen LogP contribution in [-0.4, -0.2) is 58.0 Å². The van der Waals surface area contributed by atoms with E-state index in [0.717, 1.165) is 34.7 Å². The molecule has 6 saturated heterocycles. The second-order valence-corrected chi connectivity index (χ2v) is 17.3. The Morgan fingerprint density at radius 2 is 1.07 bits per heavy atom. The average Bonchev–Trinajstić information content (AvgIpc) is 3.26. The molecule has 6 aromatic rings. The summed E-state index contributed by atoms with van der Waals surface area (Å²) in [5.41, 5.74) is 7.03. The number of aromatic nitrogens is 2. The molecule has 2 aromatic heterocycles. The van der Waals surface area contributed by atoms with Gasteiger partial charge in [-0.05, 0) is 132 Å². The fraction of sp³-hybridized carbons (Fsp3) is 0.440. The van der Waals surface area contributed by atoms with Gasteiger partial charge in [-0.3, -0.25) is 19.8 Å². The van der Waals surface area contributed by atoms with Crippen LogP contribution in [0.5, 0.6) is 0 Å². The first-order valence-electron chi connectivity index (χ1n) is 21.5. The van der Waals surface area contributed by atoms with Gasteiger partial charge >= 0.3 is 0 Å². The first-order chi connectivity index (χ1) is 27.6. The average molecular weight is 745 g/mol. The van der Waals surface area contributed by atoms with Crippen LogP contribution in [0.3, 0.4) is 0 Å². The molecule has 56 heavy (non-hydrogen) atoms. The summed E-state index contributed by atoms with van der Waals surface area (Å²) in [6.07, 6.45) is 11.5. The number of hydrogen-bond donors (Lipinski definition) is 0. The number of pyridine rings is 2. The molecule has 6 aliphatic heterocycles. The highest BCUT2D eigenvalue weighted by Gasteiger charge is 2.45. The first-order valence-corrected chi connectivity index (χ1v) is 21.5. The second kappa shape index (κ2) is 15.6. The van der Waals surface area contributed by atoms with E-state index >= 15 is 0 Å². The van der Waals surface area contributed by atoms with E-state index in [0.29, 0.717) is 25.3 Å². The third-order valence-corrected chi connectivity index (χ3v) is 14.4. The summed E-state index contributed by atoms with van der Waals surface area (Å²) in [6, 6.07) is 36.0. The van der Waals surface area contributed by atoms with Gasteiger partial charge in [-0.25, -0.2) is 0 Å². The normalized spacial score (nSPS) is 28.2. The summed E-state index contributed by atoms with van der Waals surface area (Å²) in [5, 5.41) is 4.90. The highest BCUT2D eigenvalue weighted by molar-refractivity contribution is 5.84. The quantitative estimate of drug-likeness (QED) is 0.124. The minimum absolute atomic E-state index is 0.0152. The molecule has 0 saturated carbocycles. The molecule has 0 spiro atoms. The lowest BCUT2D eigenvalue weighted by Gasteiger charge is -2.52. The van der Waals surface area contributed by atoms with Gasteiger partial charge in [0.2, 0.25) is 0 Å². The van der Waals surface area contributed by atoms with Gasteiger partial charge < -0.3 is 9.47 Å². The van der Waals surface area contributed by atoms with E-state index in [9.17, 15) is 0 Å². The molecule has 8 heterocycles. The molecule has 6 aliphatic rings. The predicted molar refractivity (Wildman–Crippen MR) is 226 cm³/mol. The zero-order valence-electron chi connectivity index (χ0n) is 33.1. The fourth-order valence-electron chi connectivity index (χ4n) is 11.4. The van der Waals surface area contributed by atoms with Gasteiger partial charge in [0.25, 0.3) is 0 Å². The lowest BCUT2D eigenvalue weighted by Crippen LogP contribution is -2.55. The van der Waals surface area contributed by atoms with E-state index < -0.39 is 0 Å². The van der Waals surface area contributed by atoms with Crippen LogP contribution < -0.4 is 0 Å². The molecular weight excluding hydrogens is 689 g/mol. The minimum atomic E-state index is -0.0152. The van der Waals surface area contributed by atoms with Gasteiger partial charge in [0.1, 0.15) is 0 Å². The Labute approximate surface area is 332 Å². The smallest absolute Gasteiger partial charge is 0.0991 e. The number of piperidine rings is 6. The molecule has 4 bridgehead atoms. The largest absolute Gasteiger partial charge is 0.367 e. The molecule has 12 rings (SSSR count). The van der Waals surface area contributed by atoms with Crippen molar-refractivity contribution >= 4 is 32.6 Å². The summed E-state index contributed by atoms with van der Waals surface area (Å²) >= 11 is 0. The van der Waals surface area contributed by atoms with Crippen molar-refractivity contribution in [1.82, 2.24) is 19.8 Å². The topological polar surface area (TPSA) is 50.7 Å². The SMILES string of the molecule is CC[C@H]1CN2CC[C@H]1C[C@H]2[C@H](OCc1ccc2ccc(CO[C@H](c3ccnc4ccccc34)[C@@H]3C[C@@H]4CCN3C[C@@H]4CC)cc2c1)c1ccnc2ccccc12. The van der Waals surface area contributed by atoms with Crippen LogP contribution in [0.25, 0.3) is 32.6 Å². The lowest BCUT2D eigenvalue weighted by atomic mass is 9.72. The maximum atomic E-state index is 7.13. The van der Waals surface area contributed by atoms with Crippen molar-refractivity contribution in [2.24, 2.45) is 23.7 Å². The van der Waals surface area contributed by atoms with Crippen LogP contribution >= 0.6 is 0 Å². The van der Waals surface area contributed by atoms with Gasteiger partial charge in [0.05, 0.1) is 36.5 Å². The second-order valence-electron chi connectivity index (χ2n) is 17.3. The molecule has 0 aliphatic carbocycles. The Morgan fingerprint density at radius 1 is 0.589 bits per heavy atom. The molecular formula is C50H56N4O2. The summed E-state index contributed by atoms with van der Waals surface area (Å²) in [7, 11) is 0. The Bertz CT molecular complexity index is 2160. The molecule has 6 heteroatoms. The maximum Gasteiger partial charge on any atom is 0.0991 e. The van der Waals surface area contributed by atoms with Gasteiger partial charge in [0.15, 0.2) is 0 Å². The maximum absolute atomic E-state index is 7.13. The van der Waals surface area contributed by atoms with E-state index in [1.165, 1.54) is 109 Å². The third kappa shape index (κ3) is 6.83. The first kappa shape index (κ1) is 36.2. The Morgan fingerprint density at radius 3 is 1.52 bits per heavy atom. The molecule has 6 fully saturated rings. The van der Waals surface area contributed by atoms with E-state index in [1.807, 2.05) is 12.4 Å². The number of para-hydroxylation sites is 2. The minimum Gasteiger partial charge on any atom is -0.367 e. The van der Waals surface area contributed by atoms with Crippen LogP contribution in [0.2, 0.25) is 0 Å². The highest BCUT2D eigenvalue weighted by Crippen LogP contribution is 2.46. The van der Waals surface area contributed by atoms with Gasteiger partial charge in [-0.15, -0.1) is 0 Å². The van der Waals surface area contributed by atoms with Gasteiger partial charge in [0, 0.05) is 48.3 Å². The Kier molecular flexibility index (Phi) is 10.1. The third-order valence-electron chi connectivity index (χ3n) is 14.4. The molecule has 0 N–H and O–H groups in total. The standard InChI is InChI=1S/C50H56N4O2/c1-3-35-29-53-23-19-38(35)27-47(53)49(43-17-21-51-45-11-7-5-9-41(43)45)55-31-33-13-15-37-16-14-34(26-40(37)25-33)32-56-50(44-18-22-52-46-12-8-6-10-42(44)46)48-28-39-20-24-54(48)30-36(39)4-2/h5-18,21-22,25-26,35-36,38-39,47-50H,3-4,19-20,23-24,27-32H2,1-2H3/t35-,36-,38-,39-,47-,48-,49+,50+/m0/s1.